The maximum atomic E-state index is 11.8. The predicted octanol–water partition coefficient (Wildman–Crippen LogP) is -0.436. The van der Waals surface area contributed by atoms with Crippen molar-refractivity contribution in [2.75, 3.05) is 11.9 Å². The van der Waals surface area contributed by atoms with Crippen molar-refractivity contribution in [1.82, 2.24) is 15.1 Å². The molecule has 88 valence electrons. The van der Waals surface area contributed by atoms with E-state index in [0.29, 0.717) is 25.3 Å². The lowest BCUT2D eigenvalue weighted by Gasteiger charge is -2.11. The number of nitrogens with zero attached hydrogens (tertiary/aromatic N) is 2. The number of nitrogens with one attached hydrogen (secondary N) is 2. The van der Waals surface area contributed by atoms with E-state index in [2.05, 4.69) is 15.7 Å². The Morgan fingerprint density at radius 3 is 3.25 bits per heavy atom. The second kappa shape index (κ2) is 4.63. The third-order valence-electron chi connectivity index (χ3n) is 2.69. The zero-order valence-corrected chi connectivity index (χ0v) is 9.18. The van der Waals surface area contributed by atoms with Gasteiger partial charge in [-0.2, -0.15) is 5.10 Å². The highest BCUT2D eigenvalue weighted by atomic mass is 16.3. The van der Waals surface area contributed by atoms with Crippen LogP contribution in [-0.4, -0.2) is 39.5 Å². The number of aromatic nitrogens is 2. The monoisotopic (exact) mass is 224 g/mol. The summed E-state index contributed by atoms with van der Waals surface area (Å²) in [7, 11) is 0. The first kappa shape index (κ1) is 11.1. The van der Waals surface area contributed by atoms with Gasteiger partial charge in [0.1, 0.15) is 5.82 Å². The van der Waals surface area contributed by atoms with Crippen molar-refractivity contribution in [2.24, 2.45) is 0 Å². The second-order valence-electron chi connectivity index (χ2n) is 3.87. The van der Waals surface area contributed by atoms with E-state index in [1.807, 2.05) is 6.92 Å². The third-order valence-corrected chi connectivity index (χ3v) is 2.69. The number of hydrogen-bond donors (Lipinski definition) is 3. The standard InChI is InChI=1S/C10H16N4O2/c1-2-14-9(3-4-12-14)13-10(16)8-5-7(15)6-11-8/h3-4,7-8,11,15H,2,5-6H2,1H3,(H,13,16). The van der Waals surface area contributed by atoms with Gasteiger partial charge in [0.25, 0.3) is 0 Å². The second-order valence-corrected chi connectivity index (χ2v) is 3.87. The van der Waals surface area contributed by atoms with Gasteiger partial charge in [-0.3, -0.25) is 4.79 Å². The van der Waals surface area contributed by atoms with Gasteiger partial charge in [0.05, 0.1) is 18.3 Å². The van der Waals surface area contributed by atoms with Crippen LogP contribution in [0.4, 0.5) is 5.82 Å². The van der Waals surface area contributed by atoms with Gasteiger partial charge in [0.15, 0.2) is 0 Å². The number of amides is 1. The first-order chi connectivity index (χ1) is 7.70. The molecule has 0 spiro atoms. The number of β-amino-alcohol motifs (C(OH)–C–C–N with tert-alkyl or cyclic N) is 1. The minimum absolute atomic E-state index is 0.119. The van der Waals surface area contributed by atoms with E-state index >= 15 is 0 Å². The van der Waals surface area contributed by atoms with Crippen LogP contribution in [-0.2, 0) is 11.3 Å². The lowest BCUT2D eigenvalue weighted by molar-refractivity contribution is -0.118. The van der Waals surface area contributed by atoms with Crippen molar-refractivity contribution < 1.29 is 9.90 Å². The minimum atomic E-state index is -0.424. The average Bonchev–Trinajstić information content (AvgIpc) is 2.86. The van der Waals surface area contributed by atoms with Gasteiger partial charge in [0.2, 0.25) is 5.91 Å². The summed E-state index contributed by atoms with van der Waals surface area (Å²) in [4.78, 5) is 11.8. The number of anilines is 1. The SMILES string of the molecule is CCn1nccc1NC(=O)C1CC(O)CN1. The van der Waals surface area contributed by atoms with Crippen molar-refractivity contribution in [3.8, 4) is 0 Å². The van der Waals surface area contributed by atoms with E-state index in [4.69, 9.17) is 0 Å². The summed E-state index contributed by atoms with van der Waals surface area (Å²) in [5.41, 5.74) is 0. The van der Waals surface area contributed by atoms with Crippen molar-refractivity contribution in [3.05, 3.63) is 12.3 Å². The number of aryl methyl sites for hydroxylation is 1. The molecule has 6 nitrogen and oxygen atoms in total. The number of carbonyl (C=O) groups is 1. The van der Waals surface area contributed by atoms with E-state index in [0.717, 1.165) is 0 Å². The molecule has 1 aromatic rings. The maximum Gasteiger partial charge on any atom is 0.242 e. The molecule has 2 rings (SSSR count). The fourth-order valence-electron chi connectivity index (χ4n) is 1.82. The Kier molecular flexibility index (Phi) is 3.21. The highest BCUT2D eigenvalue weighted by Gasteiger charge is 2.28. The van der Waals surface area contributed by atoms with Gasteiger partial charge in [-0.1, -0.05) is 0 Å². The largest absolute Gasteiger partial charge is 0.392 e. The molecular formula is C10H16N4O2. The van der Waals surface area contributed by atoms with Crippen LogP contribution in [0.1, 0.15) is 13.3 Å². The van der Waals surface area contributed by atoms with Crippen LogP contribution in [0, 0.1) is 0 Å². The van der Waals surface area contributed by atoms with Crippen LogP contribution in [0.5, 0.6) is 0 Å². The summed E-state index contributed by atoms with van der Waals surface area (Å²) in [6.07, 6.45) is 1.69. The van der Waals surface area contributed by atoms with Crippen LogP contribution < -0.4 is 10.6 Å². The fraction of sp³-hybridized carbons (Fsp3) is 0.600. The zero-order valence-electron chi connectivity index (χ0n) is 9.18. The van der Waals surface area contributed by atoms with Crippen LogP contribution in [0.2, 0.25) is 0 Å². The van der Waals surface area contributed by atoms with Gasteiger partial charge in [-0.25, -0.2) is 4.68 Å². The maximum absolute atomic E-state index is 11.8. The van der Waals surface area contributed by atoms with E-state index in [1.54, 1.807) is 16.9 Å². The molecule has 0 saturated carbocycles. The summed E-state index contributed by atoms with van der Waals surface area (Å²) in [6, 6.07) is 1.45. The third kappa shape index (κ3) is 2.23. The normalized spacial score (nSPS) is 24.6. The molecule has 2 unspecified atom stereocenters. The topological polar surface area (TPSA) is 79.2 Å². The first-order valence-electron chi connectivity index (χ1n) is 5.45. The van der Waals surface area contributed by atoms with Gasteiger partial charge in [0, 0.05) is 19.2 Å². The molecule has 1 fully saturated rings. The molecule has 1 aliphatic heterocycles. The van der Waals surface area contributed by atoms with Crippen LogP contribution in [0.15, 0.2) is 12.3 Å². The summed E-state index contributed by atoms with van der Waals surface area (Å²) in [5.74, 6) is 0.572. The summed E-state index contributed by atoms with van der Waals surface area (Å²) in [5, 5.41) is 19.1. The predicted molar refractivity (Wildman–Crippen MR) is 58.9 cm³/mol. The molecule has 1 amide bonds. The average molecular weight is 224 g/mol. The molecule has 3 N–H and O–H groups in total. The fourth-order valence-corrected chi connectivity index (χ4v) is 1.82. The van der Waals surface area contributed by atoms with Crippen molar-refractivity contribution >= 4 is 11.7 Å². The highest BCUT2D eigenvalue weighted by molar-refractivity contribution is 5.94. The molecule has 2 atom stereocenters. The van der Waals surface area contributed by atoms with Gasteiger partial charge >= 0.3 is 0 Å². The molecule has 0 bridgehead atoms. The molecule has 0 radical (unpaired) electrons. The number of carbonyl (C=O) groups excluding carboxylic acids is 1. The first-order valence-corrected chi connectivity index (χ1v) is 5.45. The molecule has 16 heavy (non-hydrogen) atoms. The van der Waals surface area contributed by atoms with Gasteiger partial charge in [-0.05, 0) is 13.3 Å². The van der Waals surface area contributed by atoms with Crippen molar-refractivity contribution in [3.63, 3.8) is 0 Å². The Hall–Kier alpha value is -1.40. The number of rotatable bonds is 3. The zero-order chi connectivity index (χ0) is 11.5. The summed E-state index contributed by atoms with van der Waals surface area (Å²) >= 11 is 0. The quantitative estimate of drug-likeness (QED) is 0.650. The Bertz CT molecular complexity index is 377. The smallest absolute Gasteiger partial charge is 0.242 e. The van der Waals surface area contributed by atoms with Crippen LogP contribution in [0.3, 0.4) is 0 Å². The van der Waals surface area contributed by atoms with Gasteiger partial charge in [-0.15, -0.1) is 0 Å². The molecule has 2 heterocycles. The van der Waals surface area contributed by atoms with Crippen LogP contribution in [0.25, 0.3) is 0 Å². The summed E-state index contributed by atoms with van der Waals surface area (Å²) in [6.45, 7) is 3.15. The molecule has 0 aromatic carbocycles. The molecular weight excluding hydrogens is 208 g/mol. The molecule has 1 aliphatic rings. The molecule has 0 aliphatic carbocycles. The molecule has 1 aromatic heterocycles. The van der Waals surface area contributed by atoms with Crippen molar-refractivity contribution in [1.29, 1.82) is 0 Å². The Morgan fingerprint density at radius 1 is 1.81 bits per heavy atom. The van der Waals surface area contributed by atoms with E-state index in [1.165, 1.54) is 0 Å². The Balaban J connectivity index is 1.97. The van der Waals surface area contributed by atoms with E-state index in [-0.39, 0.29) is 11.9 Å². The molecule has 1 saturated heterocycles. The van der Waals surface area contributed by atoms with Crippen LogP contribution >= 0.6 is 0 Å². The lowest BCUT2D eigenvalue weighted by Crippen LogP contribution is -2.36. The molecule has 6 heteroatoms. The Morgan fingerprint density at radius 2 is 2.62 bits per heavy atom. The number of hydrogen-bond acceptors (Lipinski definition) is 4. The van der Waals surface area contributed by atoms with E-state index < -0.39 is 6.10 Å². The lowest BCUT2D eigenvalue weighted by atomic mass is 10.2. The van der Waals surface area contributed by atoms with Gasteiger partial charge < -0.3 is 15.7 Å². The summed E-state index contributed by atoms with van der Waals surface area (Å²) < 4.78 is 1.71. The number of aliphatic hydroxyl groups is 1. The highest BCUT2D eigenvalue weighted by Crippen LogP contribution is 2.11. The van der Waals surface area contributed by atoms with Crippen molar-refractivity contribution in [2.45, 2.75) is 32.0 Å². The minimum Gasteiger partial charge on any atom is -0.392 e. The number of aliphatic hydroxyl groups excluding tert-OH is 1. The Labute approximate surface area is 93.6 Å². The van der Waals surface area contributed by atoms with E-state index in [9.17, 15) is 9.90 Å².